The Morgan fingerprint density at radius 1 is 1.78 bits per heavy atom. The van der Waals surface area contributed by atoms with E-state index in [0.717, 1.165) is 0 Å². The van der Waals surface area contributed by atoms with Crippen LogP contribution in [0.3, 0.4) is 0 Å². The van der Waals surface area contributed by atoms with E-state index in [1.165, 1.54) is 14.0 Å². The minimum Gasteiger partial charge on any atom is -0.382 e. The van der Waals surface area contributed by atoms with E-state index in [9.17, 15) is 4.79 Å². The van der Waals surface area contributed by atoms with Gasteiger partial charge in [-0.1, -0.05) is 0 Å². The Morgan fingerprint density at radius 2 is 2.22 bits per heavy atom. The number of ketones is 1. The Morgan fingerprint density at radius 3 is 2.33 bits per heavy atom. The van der Waals surface area contributed by atoms with Gasteiger partial charge in [-0.15, -0.1) is 0 Å². The summed E-state index contributed by atoms with van der Waals surface area (Å²) in [6.07, 6.45) is 0. The molecule has 0 bridgehead atoms. The SMILES string of the molecule is COCC(C)(N)C(C)=O. The number of Topliss-reactive ketones (excluding diaryl/α,β-unsaturated/α-hetero) is 1. The quantitative estimate of drug-likeness (QED) is 0.583. The van der Waals surface area contributed by atoms with Crippen molar-refractivity contribution in [2.45, 2.75) is 19.4 Å². The predicted molar refractivity (Wildman–Crippen MR) is 35.1 cm³/mol. The fourth-order valence-corrected chi connectivity index (χ4v) is 0.401. The average molecular weight is 131 g/mol. The van der Waals surface area contributed by atoms with Gasteiger partial charge < -0.3 is 10.5 Å². The van der Waals surface area contributed by atoms with Gasteiger partial charge in [-0.05, 0) is 13.8 Å². The molecule has 0 aliphatic carbocycles. The number of carbonyl (C=O) groups is 1. The first-order valence-electron chi connectivity index (χ1n) is 2.79. The lowest BCUT2D eigenvalue weighted by Gasteiger charge is -2.18. The highest BCUT2D eigenvalue weighted by molar-refractivity contribution is 5.85. The Bertz CT molecular complexity index is 110. The summed E-state index contributed by atoms with van der Waals surface area (Å²) in [5.41, 5.74) is 4.68. The second-order valence-electron chi connectivity index (χ2n) is 2.41. The molecule has 0 rings (SSSR count). The molecule has 1 atom stereocenters. The van der Waals surface area contributed by atoms with Crippen LogP contribution in [-0.4, -0.2) is 25.0 Å². The van der Waals surface area contributed by atoms with E-state index >= 15 is 0 Å². The van der Waals surface area contributed by atoms with Crippen LogP contribution in [0.15, 0.2) is 0 Å². The molecule has 0 saturated heterocycles. The average Bonchev–Trinajstić information content (AvgIpc) is 1.65. The van der Waals surface area contributed by atoms with Crippen LogP contribution in [0.5, 0.6) is 0 Å². The molecule has 0 saturated carbocycles. The van der Waals surface area contributed by atoms with E-state index in [4.69, 9.17) is 10.5 Å². The number of nitrogens with two attached hydrogens (primary N) is 1. The summed E-state index contributed by atoms with van der Waals surface area (Å²) in [5, 5.41) is 0. The van der Waals surface area contributed by atoms with Crippen molar-refractivity contribution in [1.29, 1.82) is 0 Å². The molecule has 0 aromatic carbocycles. The monoisotopic (exact) mass is 131 g/mol. The van der Waals surface area contributed by atoms with E-state index in [1.54, 1.807) is 6.92 Å². The summed E-state index contributed by atoms with van der Waals surface area (Å²) in [5.74, 6) is -0.0515. The van der Waals surface area contributed by atoms with Crippen molar-refractivity contribution < 1.29 is 9.53 Å². The van der Waals surface area contributed by atoms with Crippen molar-refractivity contribution >= 4 is 5.78 Å². The highest BCUT2D eigenvalue weighted by atomic mass is 16.5. The molecule has 0 aromatic rings. The molecule has 1 unspecified atom stereocenters. The van der Waals surface area contributed by atoms with Crippen LogP contribution in [0.4, 0.5) is 0 Å². The number of carbonyl (C=O) groups excluding carboxylic acids is 1. The molecule has 0 aliphatic heterocycles. The molecule has 0 fully saturated rings. The van der Waals surface area contributed by atoms with Crippen LogP contribution < -0.4 is 5.73 Å². The molecule has 0 aliphatic rings. The van der Waals surface area contributed by atoms with Gasteiger partial charge in [0, 0.05) is 7.11 Å². The number of hydrogen-bond acceptors (Lipinski definition) is 3. The fraction of sp³-hybridized carbons (Fsp3) is 0.833. The summed E-state index contributed by atoms with van der Waals surface area (Å²) in [6, 6.07) is 0. The van der Waals surface area contributed by atoms with Crippen molar-refractivity contribution in [2.24, 2.45) is 5.73 Å². The van der Waals surface area contributed by atoms with Gasteiger partial charge in [-0.2, -0.15) is 0 Å². The summed E-state index contributed by atoms with van der Waals surface area (Å²) in [6.45, 7) is 3.39. The molecule has 0 radical (unpaired) electrons. The van der Waals surface area contributed by atoms with E-state index in [-0.39, 0.29) is 12.4 Å². The normalized spacial score (nSPS) is 16.9. The largest absolute Gasteiger partial charge is 0.382 e. The number of hydrogen-bond donors (Lipinski definition) is 1. The fourth-order valence-electron chi connectivity index (χ4n) is 0.401. The van der Waals surface area contributed by atoms with E-state index in [0.29, 0.717) is 0 Å². The van der Waals surface area contributed by atoms with Crippen molar-refractivity contribution in [3.63, 3.8) is 0 Å². The van der Waals surface area contributed by atoms with Gasteiger partial charge in [-0.25, -0.2) is 0 Å². The molecule has 0 heterocycles. The minimum atomic E-state index is -0.811. The third kappa shape index (κ3) is 2.58. The standard InChI is InChI=1S/C6H13NO2/c1-5(8)6(2,7)4-9-3/h4,7H2,1-3H3. The van der Waals surface area contributed by atoms with E-state index in [1.807, 2.05) is 0 Å². The first kappa shape index (κ1) is 8.59. The second kappa shape index (κ2) is 2.94. The van der Waals surface area contributed by atoms with Crippen LogP contribution >= 0.6 is 0 Å². The van der Waals surface area contributed by atoms with Crippen LogP contribution in [-0.2, 0) is 9.53 Å². The number of methoxy groups -OCH3 is 1. The molecule has 0 amide bonds. The van der Waals surface area contributed by atoms with E-state index < -0.39 is 5.54 Å². The lowest BCUT2D eigenvalue weighted by atomic mass is 10.0. The summed E-state index contributed by atoms with van der Waals surface area (Å²) in [4.78, 5) is 10.7. The molecular weight excluding hydrogens is 118 g/mol. The van der Waals surface area contributed by atoms with E-state index in [2.05, 4.69) is 0 Å². The Balaban J connectivity index is 3.85. The molecule has 54 valence electrons. The van der Waals surface area contributed by atoms with Gasteiger partial charge in [-0.3, -0.25) is 4.79 Å². The summed E-state index contributed by atoms with van der Waals surface area (Å²) < 4.78 is 4.72. The van der Waals surface area contributed by atoms with Crippen LogP contribution in [0, 0.1) is 0 Å². The lowest BCUT2D eigenvalue weighted by Crippen LogP contribution is -2.47. The maximum Gasteiger partial charge on any atom is 0.151 e. The molecule has 9 heavy (non-hydrogen) atoms. The van der Waals surface area contributed by atoms with Crippen LogP contribution in [0.1, 0.15) is 13.8 Å². The number of rotatable bonds is 3. The highest BCUT2D eigenvalue weighted by Crippen LogP contribution is 1.99. The van der Waals surface area contributed by atoms with Gasteiger partial charge in [0.25, 0.3) is 0 Å². The minimum absolute atomic E-state index is 0.0515. The zero-order chi connectivity index (χ0) is 7.49. The first-order chi connectivity index (χ1) is 4.00. The molecule has 2 N–H and O–H groups in total. The maximum absolute atomic E-state index is 10.7. The maximum atomic E-state index is 10.7. The topological polar surface area (TPSA) is 52.3 Å². The van der Waals surface area contributed by atoms with Gasteiger partial charge in [0.05, 0.1) is 12.1 Å². The van der Waals surface area contributed by atoms with Crippen LogP contribution in [0.25, 0.3) is 0 Å². The Hall–Kier alpha value is -0.410. The zero-order valence-corrected chi connectivity index (χ0v) is 6.10. The van der Waals surface area contributed by atoms with Gasteiger partial charge in [0.1, 0.15) is 0 Å². The molecule has 0 spiro atoms. The molecular formula is C6H13NO2. The smallest absolute Gasteiger partial charge is 0.151 e. The van der Waals surface area contributed by atoms with Crippen molar-refractivity contribution in [3.8, 4) is 0 Å². The number of ether oxygens (including phenoxy) is 1. The second-order valence-corrected chi connectivity index (χ2v) is 2.41. The lowest BCUT2D eigenvalue weighted by molar-refractivity contribution is -0.123. The van der Waals surface area contributed by atoms with Gasteiger partial charge in [0.2, 0.25) is 0 Å². The molecule has 3 heteroatoms. The van der Waals surface area contributed by atoms with Crippen molar-refractivity contribution in [3.05, 3.63) is 0 Å². The summed E-state index contributed by atoms with van der Waals surface area (Å²) in [7, 11) is 1.52. The molecule has 0 aromatic heterocycles. The van der Waals surface area contributed by atoms with Crippen molar-refractivity contribution in [1.82, 2.24) is 0 Å². The Kier molecular flexibility index (Phi) is 2.81. The van der Waals surface area contributed by atoms with Crippen molar-refractivity contribution in [2.75, 3.05) is 13.7 Å². The third-order valence-electron chi connectivity index (χ3n) is 1.25. The molecule has 3 nitrogen and oxygen atoms in total. The van der Waals surface area contributed by atoms with Gasteiger partial charge >= 0.3 is 0 Å². The van der Waals surface area contributed by atoms with Crippen LogP contribution in [0.2, 0.25) is 0 Å². The predicted octanol–water partition coefficient (Wildman–Crippen LogP) is -0.0608. The summed E-state index contributed by atoms with van der Waals surface area (Å²) >= 11 is 0. The van der Waals surface area contributed by atoms with Gasteiger partial charge in [0.15, 0.2) is 5.78 Å². The Labute approximate surface area is 55.2 Å². The first-order valence-corrected chi connectivity index (χ1v) is 2.79. The highest BCUT2D eigenvalue weighted by Gasteiger charge is 2.23. The zero-order valence-electron chi connectivity index (χ0n) is 6.10. The third-order valence-corrected chi connectivity index (χ3v) is 1.25.